The molecule has 0 bridgehead atoms. The second-order valence-corrected chi connectivity index (χ2v) is 7.45. The van der Waals surface area contributed by atoms with Gasteiger partial charge in [0.2, 0.25) is 0 Å². The van der Waals surface area contributed by atoms with Gasteiger partial charge in [-0.2, -0.15) is 0 Å². The quantitative estimate of drug-likeness (QED) is 0.793. The number of piperidine rings is 1. The van der Waals surface area contributed by atoms with Crippen molar-refractivity contribution in [3.63, 3.8) is 0 Å². The van der Waals surface area contributed by atoms with Gasteiger partial charge in [0.05, 0.1) is 0 Å². The van der Waals surface area contributed by atoms with Crippen molar-refractivity contribution in [2.75, 3.05) is 13.1 Å². The number of likely N-dealkylation sites (tertiary alicyclic amines) is 1. The van der Waals surface area contributed by atoms with Crippen LogP contribution in [0.1, 0.15) is 24.0 Å². The van der Waals surface area contributed by atoms with Crippen LogP contribution in [-0.2, 0) is 11.3 Å². The molecule has 0 atom stereocenters. The summed E-state index contributed by atoms with van der Waals surface area (Å²) in [6.45, 7) is 4.05. The van der Waals surface area contributed by atoms with Crippen molar-refractivity contribution >= 4 is 17.9 Å². The second kappa shape index (κ2) is 8.25. The summed E-state index contributed by atoms with van der Waals surface area (Å²) in [5.74, 6) is 0. The Bertz CT molecular complexity index is 666. The molecule has 4 heteroatoms. The summed E-state index contributed by atoms with van der Waals surface area (Å²) in [7, 11) is 0. The van der Waals surface area contributed by atoms with E-state index in [0.29, 0.717) is 11.9 Å². The number of thioether (sulfide) groups is 1. The van der Waals surface area contributed by atoms with Crippen molar-refractivity contribution in [3.8, 4) is 0 Å². The van der Waals surface area contributed by atoms with Crippen molar-refractivity contribution in [2.45, 2.75) is 36.5 Å². The van der Waals surface area contributed by atoms with E-state index in [2.05, 4.69) is 31.2 Å². The Morgan fingerprint density at radius 1 is 1.08 bits per heavy atom. The first-order chi connectivity index (χ1) is 11.7. The van der Waals surface area contributed by atoms with Gasteiger partial charge in [-0.1, -0.05) is 48.5 Å². The van der Waals surface area contributed by atoms with Gasteiger partial charge in [-0.05, 0) is 37.0 Å². The van der Waals surface area contributed by atoms with E-state index in [0.717, 1.165) is 31.5 Å². The lowest BCUT2D eigenvalue weighted by molar-refractivity contribution is 0.0901. The van der Waals surface area contributed by atoms with Gasteiger partial charge in [-0.25, -0.2) is 4.79 Å². The maximum absolute atomic E-state index is 12.2. The Morgan fingerprint density at radius 3 is 2.46 bits per heavy atom. The maximum Gasteiger partial charge on any atom is 0.410 e. The predicted octanol–water partition coefficient (Wildman–Crippen LogP) is 4.89. The van der Waals surface area contributed by atoms with Crippen molar-refractivity contribution in [2.24, 2.45) is 0 Å². The molecule has 0 unspecified atom stereocenters. The van der Waals surface area contributed by atoms with Crippen LogP contribution in [0, 0.1) is 6.92 Å². The molecule has 2 aromatic rings. The van der Waals surface area contributed by atoms with Gasteiger partial charge >= 0.3 is 6.09 Å². The molecule has 1 fully saturated rings. The lowest BCUT2D eigenvalue weighted by atomic mass is 10.1. The lowest BCUT2D eigenvalue weighted by Crippen LogP contribution is -2.39. The van der Waals surface area contributed by atoms with Crippen LogP contribution in [0.2, 0.25) is 0 Å². The SMILES string of the molecule is Cc1ccccc1SC1CCN(C(=O)OCc2ccccc2)CC1. The van der Waals surface area contributed by atoms with E-state index in [1.54, 1.807) is 0 Å². The minimum absolute atomic E-state index is 0.196. The highest BCUT2D eigenvalue weighted by molar-refractivity contribution is 8.00. The monoisotopic (exact) mass is 341 g/mol. The first-order valence-corrected chi connectivity index (χ1v) is 9.28. The summed E-state index contributed by atoms with van der Waals surface area (Å²) in [5.41, 5.74) is 2.35. The largest absolute Gasteiger partial charge is 0.445 e. The number of benzene rings is 2. The summed E-state index contributed by atoms with van der Waals surface area (Å²) in [6.07, 6.45) is 1.83. The molecule has 24 heavy (non-hydrogen) atoms. The molecule has 126 valence electrons. The fraction of sp³-hybridized carbons (Fsp3) is 0.350. The molecule has 0 radical (unpaired) electrons. The number of hydrogen-bond donors (Lipinski definition) is 0. The fourth-order valence-corrected chi connectivity index (χ4v) is 4.05. The standard InChI is InChI=1S/C20H23NO2S/c1-16-7-5-6-10-19(16)24-18-11-13-21(14-12-18)20(22)23-15-17-8-3-2-4-9-17/h2-10,18H,11-15H2,1H3. The molecule has 3 rings (SSSR count). The zero-order valence-electron chi connectivity index (χ0n) is 14.0. The summed E-state index contributed by atoms with van der Waals surface area (Å²) in [5, 5.41) is 0.573. The van der Waals surface area contributed by atoms with Crippen molar-refractivity contribution in [1.29, 1.82) is 0 Å². The van der Waals surface area contributed by atoms with Gasteiger partial charge < -0.3 is 9.64 Å². The lowest BCUT2D eigenvalue weighted by Gasteiger charge is -2.31. The molecule has 1 amide bonds. The average molecular weight is 341 g/mol. The highest BCUT2D eigenvalue weighted by Crippen LogP contribution is 2.32. The number of nitrogens with zero attached hydrogens (tertiary/aromatic N) is 1. The van der Waals surface area contributed by atoms with E-state index < -0.39 is 0 Å². The first kappa shape index (κ1) is 16.9. The third-order valence-electron chi connectivity index (χ3n) is 4.29. The van der Waals surface area contributed by atoms with Gasteiger partial charge in [-0.15, -0.1) is 11.8 Å². The van der Waals surface area contributed by atoms with E-state index >= 15 is 0 Å². The molecule has 0 spiro atoms. The van der Waals surface area contributed by atoms with Crippen LogP contribution >= 0.6 is 11.8 Å². The van der Waals surface area contributed by atoms with Crippen LogP contribution in [0.5, 0.6) is 0 Å². The Balaban J connectivity index is 1.44. The van der Waals surface area contributed by atoms with E-state index in [4.69, 9.17) is 4.74 Å². The first-order valence-electron chi connectivity index (χ1n) is 8.40. The summed E-state index contributed by atoms with van der Waals surface area (Å²) in [6, 6.07) is 18.3. The van der Waals surface area contributed by atoms with Crippen molar-refractivity contribution < 1.29 is 9.53 Å². The molecule has 0 N–H and O–H groups in total. The van der Waals surface area contributed by atoms with E-state index in [9.17, 15) is 4.79 Å². The van der Waals surface area contributed by atoms with Crippen LogP contribution in [0.25, 0.3) is 0 Å². The number of ether oxygens (including phenoxy) is 1. The van der Waals surface area contributed by atoms with E-state index in [1.165, 1.54) is 10.5 Å². The Hall–Kier alpha value is -1.94. The molecular formula is C20H23NO2S. The van der Waals surface area contributed by atoms with Crippen LogP contribution in [0.15, 0.2) is 59.5 Å². The van der Waals surface area contributed by atoms with Crippen molar-refractivity contribution in [1.82, 2.24) is 4.90 Å². The van der Waals surface area contributed by atoms with Crippen LogP contribution < -0.4 is 0 Å². The normalized spacial score (nSPS) is 15.3. The van der Waals surface area contributed by atoms with Gasteiger partial charge in [0, 0.05) is 23.2 Å². The molecule has 2 aromatic carbocycles. The summed E-state index contributed by atoms with van der Waals surface area (Å²) in [4.78, 5) is 15.4. The summed E-state index contributed by atoms with van der Waals surface area (Å²) < 4.78 is 5.42. The number of carbonyl (C=O) groups excluding carboxylic acids is 1. The van der Waals surface area contributed by atoms with Crippen LogP contribution in [0.4, 0.5) is 4.79 Å². The van der Waals surface area contributed by atoms with Gasteiger partial charge in [-0.3, -0.25) is 0 Å². The fourth-order valence-electron chi connectivity index (χ4n) is 2.84. The molecule has 1 aliphatic heterocycles. The average Bonchev–Trinajstić information content (AvgIpc) is 2.63. The molecule has 0 aromatic heterocycles. The molecule has 1 saturated heterocycles. The Morgan fingerprint density at radius 2 is 1.75 bits per heavy atom. The molecule has 1 heterocycles. The van der Waals surface area contributed by atoms with Gasteiger partial charge in [0.1, 0.15) is 6.61 Å². The Kier molecular flexibility index (Phi) is 5.81. The zero-order valence-corrected chi connectivity index (χ0v) is 14.8. The number of aryl methyl sites for hydroxylation is 1. The maximum atomic E-state index is 12.2. The highest BCUT2D eigenvalue weighted by atomic mass is 32.2. The smallest absolute Gasteiger partial charge is 0.410 e. The van der Waals surface area contributed by atoms with Crippen LogP contribution in [-0.4, -0.2) is 29.3 Å². The predicted molar refractivity (Wildman–Crippen MR) is 98.3 cm³/mol. The van der Waals surface area contributed by atoms with Crippen molar-refractivity contribution in [3.05, 3.63) is 65.7 Å². The molecule has 0 aliphatic carbocycles. The second-order valence-electron chi connectivity index (χ2n) is 6.11. The minimum atomic E-state index is -0.196. The van der Waals surface area contributed by atoms with Gasteiger partial charge in [0.25, 0.3) is 0 Å². The number of carbonyl (C=O) groups is 1. The highest BCUT2D eigenvalue weighted by Gasteiger charge is 2.24. The van der Waals surface area contributed by atoms with Crippen LogP contribution in [0.3, 0.4) is 0 Å². The zero-order chi connectivity index (χ0) is 16.8. The summed E-state index contributed by atoms with van der Waals surface area (Å²) >= 11 is 1.94. The topological polar surface area (TPSA) is 29.5 Å². The minimum Gasteiger partial charge on any atom is -0.445 e. The molecule has 1 aliphatic rings. The van der Waals surface area contributed by atoms with E-state index in [-0.39, 0.29) is 6.09 Å². The molecule has 0 saturated carbocycles. The van der Waals surface area contributed by atoms with E-state index in [1.807, 2.05) is 47.0 Å². The third-order valence-corrected chi connectivity index (χ3v) is 5.81. The molecular weight excluding hydrogens is 318 g/mol. The number of amides is 1. The number of hydrogen-bond acceptors (Lipinski definition) is 3. The third kappa shape index (κ3) is 4.54. The molecule has 3 nitrogen and oxygen atoms in total. The number of rotatable bonds is 4. The van der Waals surface area contributed by atoms with Gasteiger partial charge in [0.15, 0.2) is 0 Å². The Labute approximate surface area is 148 Å².